The van der Waals surface area contributed by atoms with Crippen LogP contribution in [-0.2, 0) is 9.59 Å². The smallest absolute Gasteiger partial charge is 0.159 e. The van der Waals surface area contributed by atoms with E-state index in [1.807, 2.05) is 33.8 Å². The van der Waals surface area contributed by atoms with Crippen LogP contribution in [0.25, 0.3) is 0 Å². The second kappa shape index (κ2) is 18.7. The summed E-state index contributed by atoms with van der Waals surface area (Å²) in [6.07, 6.45) is 23.2. The molecule has 0 radical (unpaired) electrons. The summed E-state index contributed by atoms with van der Waals surface area (Å²) >= 11 is 0. The second-order valence-electron chi connectivity index (χ2n) is 26.5. The third-order valence-electron chi connectivity index (χ3n) is 22.0. The van der Waals surface area contributed by atoms with Crippen molar-refractivity contribution in [1.82, 2.24) is 0 Å². The SMILES string of the molecule is CC[C@]1(O)CC[C@@]2(C)C(=CC(=O)[C@H]3[C@@H]4CC[C@H]([C@H](C)CCC(C)(C)O)[C@@]4(C)CC[C@@H]32)C1.CC[C@]1(O)CC[C@@]2(C)[C@@H](CC(=O)[C@@H]3[C@@H]2CC[C@]2(C)[C@@H]([C@H](C)CCC(C)(C)O)CC[C@@H]32)C1.CO. The van der Waals surface area contributed by atoms with Crippen LogP contribution < -0.4 is 0 Å². The Labute approximate surface area is 391 Å². The maximum absolute atomic E-state index is 13.6. The monoisotopic (exact) mass is 895 g/mol. The fourth-order valence-electron chi connectivity index (χ4n) is 17.6. The van der Waals surface area contributed by atoms with Gasteiger partial charge in [0.1, 0.15) is 5.78 Å². The lowest BCUT2D eigenvalue weighted by atomic mass is 9.43. The van der Waals surface area contributed by atoms with Gasteiger partial charge in [-0.25, -0.2) is 0 Å². The van der Waals surface area contributed by atoms with Crippen molar-refractivity contribution in [3.63, 3.8) is 0 Å². The Hall–Kier alpha value is -1.12. The number of carbonyl (C=O) groups excluding carboxylic acids is 2. The highest BCUT2D eigenvalue weighted by molar-refractivity contribution is 5.94. The van der Waals surface area contributed by atoms with Gasteiger partial charge in [-0.2, -0.15) is 0 Å². The maximum Gasteiger partial charge on any atom is 0.159 e. The van der Waals surface area contributed by atoms with Gasteiger partial charge in [0.25, 0.3) is 0 Å². The van der Waals surface area contributed by atoms with E-state index in [-0.39, 0.29) is 33.5 Å². The molecule has 7 nitrogen and oxygen atoms in total. The van der Waals surface area contributed by atoms with E-state index in [0.717, 1.165) is 84.2 Å². The second-order valence-corrected chi connectivity index (χ2v) is 26.5. The molecule has 8 aliphatic carbocycles. The van der Waals surface area contributed by atoms with Gasteiger partial charge in [-0.3, -0.25) is 9.59 Å². The molecule has 0 amide bonds. The van der Waals surface area contributed by atoms with Crippen LogP contribution in [0.1, 0.15) is 218 Å². The molecular formula is C57H98O7. The summed E-state index contributed by atoms with van der Waals surface area (Å²) in [5, 5.41) is 49.4. The quantitative estimate of drug-likeness (QED) is 0.147. The summed E-state index contributed by atoms with van der Waals surface area (Å²) in [5.74, 6) is 6.20. The average Bonchev–Trinajstić information content (AvgIpc) is 3.78. The minimum atomic E-state index is -0.615. The number of ketones is 2. The van der Waals surface area contributed by atoms with Crippen LogP contribution in [0.3, 0.4) is 0 Å². The third kappa shape index (κ3) is 9.59. The number of hydrogen-bond donors (Lipinski definition) is 5. The van der Waals surface area contributed by atoms with Crippen LogP contribution in [0.4, 0.5) is 0 Å². The molecule has 0 aliphatic heterocycles. The Balaban J connectivity index is 0.000000205. The van der Waals surface area contributed by atoms with Crippen molar-refractivity contribution in [2.24, 2.45) is 86.8 Å². The highest BCUT2D eigenvalue weighted by Crippen LogP contribution is 2.70. The molecule has 64 heavy (non-hydrogen) atoms. The lowest BCUT2D eigenvalue weighted by Crippen LogP contribution is -2.58. The normalized spacial score (nSPS) is 46.0. The molecule has 0 saturated heterocycles. The first-order valence-corrected chi connectivity index (χ1v) is 26.8. The fourth-order valence-corrected chi connectivity index (χ4v) is 17.6. The molecule has 0 spiro atoms. The number of aliphatic hydroxyl groups excluding tert-OH is 1. The molecule has 368 valence electrons. The van der Waals surface area contributed by atoms with Crippen molar-refractivity contribution in [2.75, 3.05) is 7.11 Å². The fraction of sp³-hybridized carbons (Fsp3) is 0.930. The molecule has 0 heterocycles. The van der Waals surface area contributed by atoms with E-state index in [2.05, 4.69) is 55.4 Å². The first-order valence-electron chi connectivity index (χ1n) is 26.8. The summed E-state index contributed by atoms with van der Waals surface area (Å²) in [4.78, 5) is 27.2. The number of fused-ring (bicyclic) bond motifs is 10. The van der Waals surface area contributed by atoms with Crippen molar-refractivity contribution < 1.29 is 35.1 Å². The third-order valence-corrected chi connectivity index (χ3v) is 22.0. The molecule has 8 rings (SSSR count). The van der Waals surface area contributed by atoms with Gasteiger partial charge < -0.3 is 25.5 Å². The van der Waals surface area contributed by atoms with Crippen LogP contribution >= 0.6 is 0 Å². The van der Waals surface area contributed by atoms with Gasteiger partial charge in [-0.1, -0.05) is 61.0 Å². The van der Waals surface area contributed by atoms with Gasteiger partial charge in [0.15, 0.2) is 5.78 Å². The van der Waals surface area contributed by atoms with Crippen molar-refractivity contribution >= 4 is 11.6 Å². The highest BCUT2D eigenvalue weighted by atomic mass is 16.3. The van der Waals surface area contributed by atoms with E-state index in [1.165, 1.54) is 50.5 Å². The van der Waals surface area contributed by atoms with Gasteiger partial charge in [0.05, 0.1) is 22.4 Å². The minimum Gasteiger partial charge on any atom is -0.400 e. The molecule has 7 saturated carbocycles. The number of carbonyl (C=O) groups is 2. The van der Waals surface area contributed by atoms with E-state index in [0.29, 0.717) is 77.7 Å². The number of hydrogen-bond acceptors (Lipinski definition) is 7. The van der Waals surface area contributed by atoms with Gasteiger partial charge >= 0.3 is 0 Å². The van der Waals surface area contributed by atoms with Crippen molar-refractivity contribution in [2.45, 2.75) is 240 Å². The van der Waals surface area contributed by atoms with Crippen molar-refractivity contribution in [3.05, 3.63) is 11.6 Å². The van der Waals surface area contributed by atoms with Crippen LogP contribution in [-0.4, -0.2) is 66.6 Å². The molecule has 7 heteroatoms. The standard InChI is InChI=1S/C28H48O3.C28H46O3.CH4O/c2*1-7-28(31)15-14-26(5)19(17-28)16-23(29)24-21-9-8-20(18(2)10-12-25(3,4)30)27(21,6)13-11-22(24)26;1-2/h18-22,24,30-31H,7-17H2,1-6H3;16,18,20-22,24,30-31H,7-15,17H2,1-6H3;2H,1H3/t18-,19+,20-,21+,22+,24+,26+,27-,28+;18-,20-,21+,22+,24+,26+,27-,28+;/m11./s1. The molecule has 0 aromatic rings. The average molecular weight is 895 g/mol. The molecule has 0 aromatic carbocycles. The maximum atomic E-state index is 13.6. The Morgan fingerprint density at radius 2 is 1.09 bits per heavy atom. The predicted molar refractivity (Wildman–Crippen MR) is 259 cm³/mol. The minimum absolute atomic E-state index is 0.0892. The topological polar surface area (TPSA) is 135 Å². The van der Waals surface area contributed by atoms with E-state index in [9.17, 15) is 30.0 Å². The zero-order valence-electron chi connectivity index (χ0n) is 43.3. The van der Waals surface area contributed by atoms with Crippen molar-refractivity contribution in [1.29, 1.82) is 0 Å². The highest BCUT2D eigenvalue weighted by Gasteiger charge is 2.65. The van der Waals surface area contributed by atoms with E-state index in [4.69, 9.17) is 5.11 Å². The van der Waals surface area contributed by atoms with Crippen LogP contribution in [0.2, 0.25) is 0 Å². The molecule has 0 bridgehead atoms. The molecule has 0 aromatic heterocycles. The van der Waals surface area contributed by atoms with Crippen LogP contribution in [0.5, 0.6) is 0 Å². The number of rotatable bonds is 10. The zero-order valence-corrected chi connectivity index (χ0v) is 43.3. The lowest BCUT2D eigenvalue weighted by Gasteiger charge is -2.61. The number of allylic oxidation sites excluding steroid dienone is 1. The first-order chi connectivity index (χ1) is 29.7. The Bertz CT molecular complexity index is 1690. The predicted octanol–water partition coefficient (Wildman–Crippen LogP) is 11.8. The molecule has 0 unspecified atom stereocenters. The summed E-state index contributed by atoms with van der Waals surface area (Å²) in [6.45, 7) is 26.5. The van der Waals surface area contributed by atoms with Crippen LogP contribution in [0, 0.1) is 86.8 Å². The lowest BCUT2D eigenvalue weighted by molar-refractivity contribution is -0.169. The zero-order chi connectivity index (χ0) is 47.6. The van der Waals surface area contributed by atoms with Crippen molar-refractivity contribution in [3.8, 4) is 0 Å². The summed E-state index contributed by atoms with van der Waals surface area (Å²) in [5.41, 5.74) is -0.265. The molecule has 7 fully saturated rings. The summed E-state index contributed by atoms with van der Waals surface area (Å²) < 4.78 is 0. The molecule has 17 atom stereocenters. The van der Waals surface area contributed by atoms with Crippen LogP contribution in [0.15, 0.2) is 11.6 Å². The molecular weight excluding hydrogens is 797 g/mol. The first kappa shape index (κ1) is 52.3. The van der Waals surface area contributed by atoms with E-state index < -0.39 is 22.4 Å². The van der Waals surface area contributed by atoms with Gasteiger partial charge in [0.2, 0.25) is 0 Å². The Kier molecular flexibility index (Phi) is 15.2. The van der Waals surface area contributed by atoms with Gasteiger partial charge in [-0.05, 0) is 237 Å². The molecule has 8 aliphatic rings. The molecule has 5 N–H and O–H groups in total. The Morgan fingerprint density at radius 1 is 0.625 bits per heavy atom. The number of aliphatic hydroxyl groups is 5. The van der Waals surface area contributed by atoms with E-state index in [1.54, 1.807) is 0 Å². The largest absolute Gasteiger partial charge is 0.400 e. The Morgan fingerprint density at radius 3 is 1.59 bits per heavy atom. The van der Waals surface area contributed by atoms with Gasteiger partial charge in [0, 0.05) is 25.4 Å². The van der Waals surface area contributed by atoms with Gasteiger partial charge in [-0.15, -0.1) is 0 Å². The number of Topliss-reactive ketones (excluding diaryl/α,β-unsaturated/α-hetero) is 1. The van der Waals surface area contributed by atoms with E-state index >= 15 is 0 Å². The summed E-state index contributed by atoms with van der Waals surface area (Å²) in [6, 6.07) is 0. The summed E-state index contributed by atoms with van der Waals surface area (Å²) in [7, 11) is 1.00.